The highest BCUT2D eigenvalue weighted by Crippen LogP contribution is 2.38. The number of hydrogen-bond donors (Lipinski definition) is 2. The van der Waals surface area contributed by atoms with Crippen LogP contribution < -0.4 is 15.8 Å². The van der Waals surface area contributed by atoms with E-state index in [0.717, 1.165) is 56.6 Å². The molecule has 0 radical (unpaired) electrons. The van der Waals surface area contributed by atoms with Crippen molar-refractivity contribution in [1.82, 2.24) is 15.3 Å². The van der Waals surface area contributed by atoms with Crippen LogP contribution in [0.15, 0.2) is 10.9 Å². The topological polar surface area (TPSA) is 61.0 Å². The number of H-pyrrole nitrogens is 1. The van der Waals surface area contributed by atoms with Gasteiger partial charge in [0.05, 0.1) is 0 Å². The third-order valence-electron chi connectivity index (χ3n) is 4.51. The van der Waals surface area contributed by atoms with Crippen molar-refractivity contribution in [2.24, 2.45) is 5.92 Å². The van der Waals surface area contributed by atoms with E-state index in [-0.39, 0.29) is 5.56 Å². The SMILES string of the molecule is CCCNCC1CCN(c2cc(=O)[nH]c(C3CC3)n2)CC1. The molecule has 0 unspecified atom stereocenters. The molecule has 1 saturated heterocycles. The van der Waals surface area contributed by atoms with Crippen molar-refractivity contribution in [3.63, 3.8) is 0 Å². The van der Waals surface area contributed by atoms with Gasteiger partial charge in [0, 0.05) is 25.1 Å². The summed E-state index contributed by atoms with van der Waals surface area (Å²) in [5.41, 5.74) is -0.00589. The van der Waals surface area contributed by atoms with Gasteiger partial charge in [0.15, 0.2) is 0 Å². The Morgan fingerprint density at radius 1 is 1.33 bits per heavy atom. The summed E-state index contributed by atoms with van der Waals surface area (Å²) in [4.78, 5) is 21.6. The van der Waals surface area contributed by atoms with Gasteiger partial charge in [-0.25, -0.2) is 4.98 Å². The molecular formula is C16H26N4O. The lowest BCUT2D eigenvalue weighted by Gasteiger charge is -2.33. The molecule has 1 saturated carbocycles. The van der Waals surface area contributed by atoms with Gasteiger partial charge in [-0.15, -0.1) is 0 Å². The predicted molar refractivity (Wildman–Crippen MR) is 84.9 cm³/mol. The van der Waals surface area contributed by atoms with E-state index in [1.165, 1.54) is 19.3 Å². The van der Waals surface area contributed by atoms with Gasteiger partial charge < -0.3 is 15.2 Å². The van der Waals surface area contributed by atoms with Crippen LogP contribution in [0.25, 0.3) is 0 Å². The van der Waals surface area contributed by atoms with E-state index in [1.54, 1.807) is 6.07 Å². The molecule has 2 N–H and O–H groups in total. The second-order valence-electron chi connectivity index (χ2n) is 6.40. The minimum atomic E-state index is -0.00589. The van der Waals surface area contributed by atoms with Crippen molar-refractivity contribution < 1.29 is 0 Å². The normalized spacial score (nSPS) is 20.0. The number of aromatic amines is 1. The summed E-state index contributed by atoms with van der Waals surface area (Å²) in [7, 11) is 0. The molecule has 0 spiro atoms. The van der Waals surface area contributed by atoms with Crippen LogP contribution in [-0.4, -0.2) is 36.1 Å². The highest BCUT2D eigenvalue weighted by Gasteiger charge is 2.27. The monoisotopic (exact) mass is 290 g/mol. The van der Waals surface area contributed by atoms with Gasteiger partial charge in [-0.2, -0.15) is 0 Å². The molecule has 116 valence electrons. The molecule has 0 atom stereocenters. The maximum Gasteiger partial charge on any atom is 0.252 e. The first-order valence-electron chi connectivity index (χ1n) is 8.33. The quantitative estimate of drug-likeness (QED) is 0.785. The average Bonchev–Trinajstić information content (AvgIpc) is 3.32. The number of piperidine rings is 1. The minimum Gasteiger partial charge on any atom is -0.356 e. The zero-order valence-corrected chi connectivity index (χ0v) is 12.9. The number of aromatic nitrogens is 2. The van der Waals surface area contributed by atoms with Gasteiger partial charge in [0.1, 0.15) is 11.6 Å². The summed E-state index contributed by atoms with van der Waals surface area (Å²) in [5.74, 6) is 3.02. The van der Waals surface area contributed by atoms with Gasteiger partial charge >= 0.3 is 0 Å². The van der Waals surface area contributed by atoms with Crippen LogP contribution in [-0.2, 0) is 0 Å². The second-order valence-corrected chi connectivity index (χ2v) is 6.40. The molecule has 1 aromatic rings. The third-order valence-corrected chi connectivity index (χ3v) is 4.51. The molecule has 0 bridgehead atoms. The highest BCUT2D eigenvalue weighted by atomic mass is 16.1. The number of hydrogen-bond acceptors (Lipinski definition) is 4. The summed E-state index contributed by atoms with van der Waals surface area (Å²) >= 11 is 0. The Bertz CT molecular complexity index is 515. The van der Waals surface area contributed by atoms with Crippen LogP contribution in [0.2, 0.25) is 0 Å². The van der Waals surface area contributed by atoms with Crippen LogP contribution in [0.3, 0.4) is 0 Å². The van der Waals surface area contributed by atoms with Crippen LogP contribution in [0, 0.1) is 5.92 Å². The zero-order valence-electron chi connectivity index (χ0n) is 12.9. The van der Waals surface area contributed by atoms with Gasteiger partial charge in [0.25, 0.3) is 5.56 Å². The van der Waals surface area contributed by atoms with Crippen molar-refractivity contribution in [3.8, 4) is 0 Å². The van der Waals surface area contributed by atoms with Crippen molar-refractivity contribution in [2.45, 2.75) is 44.9 Å². The van der Waals surface area contributed by atoms with Crippen molar-refractivity contribution >= 4 is 5.82 Å². The number of rotatable bonds is 6. The first-order valence-corrected chi connectivity index (χ1v) is 8.33. The summed E-state index contributed by atoms with van der Waals surface area (Å²) in [5, 5.41) is 3.51. The zero-order chi connectivity index (χ0) is 14.7. The van der Waals surface area contributed by atoms with E-state index in [9.17, 15) is 4.79 Å². The van der Waals surface area contributed by atoms with E-state index >= 15 is 0 Å². The van der Waals surface area contributed by atoms with Crippen molar-refractivity contribution in [1.29, 1.82) is 0 Å². The van der Waals surface area contributed by atoms with Gasteiger partial charge in [0.2, 0.25) is 0 Å². The first-order chi connectivity index (χ1) is 10.3. The Labute approximate surface area is 126 Å². The summed E-state index contributed by atoms with van der Waals surface area (Å²) in [6.07, 6.45) is 5.89. The highest BCUT2D eigenvalue weighted by molar-refractivity contribution is 5.38. The lowest BCUT2D eigenvalue weighted by Crippen LogP contribution is -2.38. The van der Waals surface area contributed by atoms with E-state index < -0.39 is 0 Å². The molecule has 21 heavy (non-hydrogen) atoms. The molecule has 0 aromatic carbocycles. The maximum absolute atomic E-state index is 11.8. The molecule has 5 nitrogen and oxygen atoms in total. The number of nitrogens with one attached hydrogen (secondary N) is 2. The fourth-order valence-electron chi connectivity index (χ4n) is 3.02. The Kier molecular flexibility index (Phi) is 4.58. The van der Waals surface area contributed by atoms with E-state index in [4.69, 9.17) is 0 Å². The van der Waals surface area contributed by atoms with Gasteiger partial charge in [-0.3, -0.25) is 4.79 Å². The van der Waals surface area contributed by atoms with E-state index in [2.05, 4.69) is 27.1 Å². The number of anilines is 1. The van der Waals surface area contributed by atoms with Gasteiger partial charge in [-0.1, -0.05) is 6.92 Å². The fourth-order valence-corrected chi connectivity index (χ4v) is 3.02. The number of nitrogens with zero attached hydrogens (tertiary/aromatic N) is 2. The lowest BCUT2D eigenvalue weighted by atomic mass is 9.97. The van der Waals surface area contributed by atoms with Gasteiger partial charge in [-0.05, 0) is 51.1 Å². The summed E-state index contributed by atoms with van der Waals surface area (Å²) < 4.78 is 0. The molecule has 1 aliphatic heterocycles. The molecule has 5 heteroatoms. The molecular weight excluding hydrogens is 264 g/mol. The van der Waals surface area contributed by atoms with Crippen LogP contribution >= 0.6 is 0 Å². The van der Waals surface area contributed by atoms with Crippen molar-refractivity contribution in [3.05, 3.63) is 22.2 Å². The second kappa shape index (κ2) is 6.60. The fraction of sp³-hybridized carbons (Fsp3) is 0.750. The Morgan fingerprint density at radius 2 is 2.10 bits per heavy atom. The lowest BCUT2D eigenvalue weighted by molar-refractivity contribution is 0.382. The summed E-state index contributed by atoms with van der Waals surface area (Å²) in [6.45, 7) is 6.46. The van der Waals surface area contributed by atoms with Crippen LogP contribution in [0.5, 0.6) is 0 Å². The smallest absolute Gasteiger partial charge is 0.252 e. The standard InChI is InChI=1S/C16H26N4O/c1-2-7-17-11-12-5-8-20(9-6-12)14-10-15(21)19-16(18-14)13-3-4-13/h10,12-13,17H,2-9,11H2,1H3,(H,18,19,21). The van der Waals surface area contributed by atoms with Crippen LogP contribution in [0.1, 0.15) is 50.8 Å². The molecule has 2 aliphatic rings. The molecule has 2 heterocycles. The first kappa shape index (κ1) is 14.6. The minimum absolute atomic E-state index is 0.00589. The summed E-state index contributed by atoms with van der Waals surface area (Å²) in [6, 6.07) is 1.65. The molecule has 1 aliphatic carbocycles. The molecule has 3 rings (SSSR count). The predicted octanol–water partition coefficient (Wildman–Crippen LogP) is 1.86. The third kappa shape index (κ3) is 3.84. The Balaban J connectivity index is 1.57. The largest absolute Gasteiger partial charge is 0.356 e. The molecule has 2 fully saturated rings. The maximum atomic E-state index is 11.8. The Morgan fingerprint density at radius 3 is 2.76 bits per heavy atom. The van der Waals surface area contributed by atoms with Crippen LogP contribution in [0.4, 0.5) is 5.82 Å². The molecule has 1 aromatic heterocycles. The van der Waals surface area contributed by atoms with E-state index in [1.807, 2.05) is 0 Å². The van der Waals surface area contributed by atoms with E-state index in [0.29, 0.717) is 5.92 Å². The Hall–Kier alpha value is -1.36. The van der Waals surface area contributed by atoms with Crippen molar-refractivity contribution in [2.75, 3.05) is 31.1 Å². The average molecular weight is 290 g/mol. The molecule has 0 amide bonds.